The quantitative estimate of drug-likeness (QED) is 0.455. The largest absolute Gasteiger partial charge is 0.462 e. The summed E-state index contributed by atoms with van der Waals surface area (Å²) in [5.41, 5.74) is 1.19. The van der Waals surface area contributed by atoms with Crippen LogP contribution in [0, 0.1) is 6.92 Å². The summed E-state index contributed by atoms with van der Waals surface area (Å²) in [5, 5.41) is 0. The molecule has 0 aliphatic heterocycles. The van der Waals surface area contributed by atoms with Gasteiger partial charge in [0.1, 0.15) is 0 Å². The predicted octanol–water partition coefficient (Wildman–Crippen LogP) is 0.758. The molecule has 0 aliphatic carbocycles. The van der Waals surface area contributed by atoms with Gasteiger partial charge in [-0.1, -0.05) is 0 Å². The monoisotopic (exact) mass is 247 g/mol. The smallest absolute Gasteiger partial charge is 0.339 e. The van der Waals surface area contributed by atoms with Crippen molar-refractivity contribution in [3.63, 3.8) is 0 Å². The van der Waals surface area contributed by atoms with Crippen LogP contribution in [-0.2, 0) is 14.9 Å². The Kier molecular flexibility index (Phi) is 4.08. The summed E-state index contributed by atoms with van der Waals surface area (Å²) in [6.07, 6.45) is 3.25. The van der Waals surface area contributed by atoms with E-state index in [-0.39, 0.29) is 13.0 Å². The van der Waals surface area contributed by atoms with Crippen LogP contribution < -0.4 is 0 Å². The van der Waals surface area contributed by atoms with E-state index in [1.54, 1.807) is 13.1 Å². The molecule has 0 saturated heterocycles. The van der Waals surface area contributed by atoms with Crippen LogP contribution in [0.3, 0.4) is 0 Å². The molecule has 0 fully saturated rings. The van der Waals surface area contributed by atoms with E-state index in [0.29, 0.717) is 5.56 Å². The molecule has 0 aromatic carbocycles. The van der Waals surface area contributed by atoms with Crippen molar-refractivity contribution in [3.8, 4) is 0 Å². The molecular formula is C9H13NO5S. The summed E-state index contributed by atoms with van der Waals surface area (Å²) < 4.78 is 34.0. The van der Waals surface area contributed by atoms with Crippen LogP contribution >= 0.6 is 0 Å². The van der Waals surface area contributed by atoms with Gasteiger partial charge in [0.05, 0.1) is 17.9 Å². The van der Waals surface area contributed by atoms with E-state index < -0.39 is 21.8 Å². The van der Waals surface area contributed by atoms with E-state index >= 15 is 0 Å². The van der Waals surface area contributed by atoms with E-state index in [1.807, 2.05) is 0 Å². The summed E-state index contributed by atoms with van der Waals surface area (Å²) in [7, 11) is -3.98. The van der Waals surface area contributed by atoms with Gasteiger partial charge in [-0.25, -0.2) is 4.79 Å². The molecule has 0 radical (unpaired) electrons. The maximum absolute atomic E-state index is 11.4. The second-order valence-corrected chi connectivity index (χ2v) is 4.90. The lowest BCUT2D eigenvalue weighted by Crippen LogP contribution is -2.11. The molecule has 1 rings (SSSR count). The molecule has 0 saturated carbocycles. The Morgan fingerprint density at radius 1 is 1.50 bits per heavy atom. The van der Waals surface area contributed by atoms with Crippen molar-refractivity contribution in [2.24, 2.45) is 0 Å². The molecule has 1 aromatic rings. The number of ether oxygens (including phenoxy) is 1. The minimum absolute atomic E-state index is 0.0384. The molecule has 16 heavy (non-hydrogen) atoms. The van der Waals surface area contributed by atoms with Crippen molar-refractivity contribution in [1.82, 2.24) is 4.98 Å². The Balaban J connectivity index is 2.35. The molecule has 7 heteroatoms. The lowest BCUT2D eigenvalue weighted by Gasteiger charge is -2.03. The molecular weight excluding hydrogens is 234 g/mol. The maximum Gasteiger partial charge on any atom is 0.339 e. The predicted molar refractivity (Wildman–Crippen MR) is 56.8 cm³/mol. The third-order valence-electron chi connectivity index (χ3n) is 1.95. The van der Waals surface area contributed by atoms with Gasteiger partial charge in [-0.3, -0.25) is 4.55 Å². The number of esters is 1. The van der Waals surface area contributed by atoms with Gasteiger partial charge in [0, 0.05) is 12.4 Å². The van der Waals surface area contributed by atoms with Crippen LogP contribution in [0.25, 0.3) is 0 Å². The number of rotatable bonds is 5. The Hall–Kier alpha value is -1.34. The third-order valence-corrected chi connectivity index (χ3v) is 2.76. The SMILES string of the molecule is Cc1c[nH]cc1C(=O)OCCCS(=O)(=O)O. The zero-order chi connectivity index (χ0) is 12.2. The van der Waals surface area contributed by atoms with Crippen LogP contribution in [0.1, 0.15) is 22.3 Å². The normalized spacial score (nSPS) is 11.4. The first-order valence-electron chi connectivity index (χ1n) is 4.66. The number of aromatic nitrogens is 1. The molecule has 1 aromatic heterocycles. The van der Waals surface area contributed by atoms with E-state index in [4.69, 9.17) is 9.29 Å². The second-order valence-electron chi connectivity index (χ2n) is 3.33. The summed E-state index contributed by atoms with van der Waals surface area (Å²) in [6.45, 7) is 1.72. The highest BCUT2D eigenvalue weighted by Crippen LogP contribution is 2.07. The Morgan fingerprint density at radius 2 is 2.19 bits per heavy atom. The zero-order valence-corrected chi connectivity index (χ0v) is 9.58. The first-order valence-corrected chi connectivity index (χ1v) is 6.27. The number of H-pyrrole nitrogens is 1. The topological polar surface area (TPSA) is 96.5 Å². The van der Waals surface area contributed by atoms with Crippen molar-refractivity contribution >= 4 is 16.1 Å². The van der Waals surface area contributed by atoms with Gasteiger partial charge >= 0.3 is 5.97 Å². The molecule has 0 aliphatic rings. The minimum Gasteiger partial charge on any atom is -0.462 e. The average molecular weight is 247 g/mol. The van der Waals surface area contributed by atoms with E-state index in [2.05, 4.69) is 4.98 Å². The van der Waals surface area contributed by atoms with Crippen molar-refractivity contribution in [1.29, 1.82) is 0 Å². The van der Waals surface area contributed by atoms with Crippen molar-refractivity contribution in [2.45, 2.75) is 13.3 Å². The third kappa shape index (κ3) is 4.03. The molecule has 0 amide bonds. The molecule has 90 valence electrons. The molecule has 1 heterocycles. The number of aromatic amines is 1. The van der Waals surface area contributed by atoms with Gasteiger partial charge in [-0.2, -0.15) is 8.42 Å². The number of aryl methyl sites for hydroxylation is 1. The second kappa shape index (κ2) is 5.13. The van der Waals surface area contributed by atoms with Crippen LogP contribution in [-0.4, -0.2) is 36.3 Å². The van der Waals surface area contributed by atoms with Crippen molar-refractivity contribution < 1.29 is 22.5 Å². The summed E-state index contributed by atoms with van der Waals surface area (Å²) >= 11 is 0. The Labute approximate surface area is 93.4 Å². The summed E-state index contributed by atoms with van der Waals surface area (Å²) in [6, 6.07) is 0. The van der Waals surface area contributed by atoms with Crippen LogP contribution in [0.15, 0.2) is 12.4 Å². The summed E-state index contributed by atoms with van der Waals surface area (Å²) in [5.74, 6) is -0.916. The fourth-order valence-corrected chi connectivity index (χ4v) is 1.63. The summed E-state index contributed by atoms with van der Waals surface area (Å²) in [4.78, 5) is 14.2. The van der Waals surface area contributed by atoms with Gasteiger partial charge in [0.2, 0.25) is 0 Å². The van der Waals surface area contributed by atoms with Crippen molar-refractivity contribution in [3.05, 3.63) is 23.5 Å². The highest BCUT2D eigenvalue weighted by atomic mass is 32.2. The van der Waals surface area contributed by atoms with Gasteiger partial charge < -0.3 is 9.72 Å². The molecule has 6 nitrogen and oxygen atoms in total. The first-order chi connectivity index (χ1) is 7.40. The van der Waals surface area contributed by atoms with Gasteiger partial charge in [-0.15, -0.1) is 0 Å². The number of hydrogen-bond acceptors (Lipinski definition) is 4. The lowest BCUT2D eigenvalue weighted by atomic mass is 10.2. The average Bonchev–Trinajstić information content (AvgIpc) is 2.57. The highest BCUT2D eigenvalue weighted by Gasteiger charge is 2.11. The number of hydrogen-bond donors (Lipinski definition) is 2. The molecule has 0 spiro atoms. The van der Waals surface area contributed by atoms with Crippen molar-refractivity contribution in [2.75, 3.05) is 12.4 Å². The number of nitrogens with one attached hydrogen (secondary N) is 1. The van der Waals surface area contributed by atoms with Gasteiger partial charge in [0.25, 0.3) is 10.1 Å². The molecule has 0 bridgehead atoms. The van der Waals surface area contributed by atoms with Crippen LogP contribution in [0.2, 0.25) is 0 Å². The van der Waals surface area contributed by atoms with E-state index in [0.717, 1.165) is 5.56 Å². The highest BCUT2D eigenvalue weighted by molar-refractivity contribution is 7.85. The lowest BCUT2D eigenvalue weighted by molar-refractivity contribution is 0.0504. The van der Waals surface area contributed by atoms with Crippen LogP contribution in [0.4, 0.5) is 0 Å². The Morgan fingerprint density at radius 3 is 2.69 bits per heavy atom. The van der Waals surface area contributed by atoms with Gasteiger partial charge in [0.15, 0.2) is 0 Å². The molecule has 2 N–H and O–H groups in total. The van der Waals surface area contributed by atoms with E-state index in [1.165, 1.54) is 6.20 Å². The molecule has 0 unspecified atom stereocenters. The first kappa shape index (κ1) is 12.7. The fraction of sp³-hybridized carbons (Fsp3) is 0.444. The van der Waals surface area contributed by atoms with Gasteiger partial charge in [-0.05, 0) is 18.9 Å². The minimum atomic E-state index is -3.98. The van der Waals surface area contributed by atoms with Crippen LogP contribution in [0.5, 0.6) is 0 Å². The molecule has 0 atom stereocenters. The zero-order valence-electron chi connectivity index (χ0n) is 8.76. The van der Waals surface area contributed by atoms with E-state index in [9.17, 15) is 13.2 Å². The Bertz CT molecular complexity index is 462. The fourth-order valence-electron chi connectivity index (χ4n) is 1.15. The number of carbonyl (C=O) groups is 1. The maximum atomic E-state index is 11.4. The number of carbonyl (C=O) groups excluding carboxylic acids is 1. The standard InChI is InChI=1S/C9H13NO5S/c1-7-5-10-6-8(7)9(11)15-3-2-4-16(12,13)14/h5-6,10H,2-4H2,1H3,(H,12,13,14).